The van der Waals surface area contributed by atoms with Crippen molar-refractivity contribution >= 4 is 8.34 Å². The molecule has 0 bridgehead atoms. The van der Waals surface area contributed by atoms with E-state index >= 15 is 0 Å². The predicted molar refractivity (Wildman–Crippen MR) is 82.0 cm³/mol. The number of carbonyl (C=O) groups is 1. The molecule has 1 aliphatic rings. The van der Waals surface area contributed by atoms with Gasteiger partial charge < -0.3 is 0 Å². The van der Waals surface area contributed by atoms with Crippen molar-refractivity contribution in [1.29, 1.82) is 0 Å². The summed E-state index contributed by atoms with van der Waals surface area (Å²) in [6.45, 7) is -0.367. The van der Waals surface area contributed by atoms with E-state index in [0.717, 1.165) is 33.3 Å². The van der Waals surface area contributed by atoms with Gasteiger partial charge in [-0.1, -0.05) is 0 Å². The van der Waals surface area contributed by atoms with E-state index in [1.165, 1.54) is 7.11 Å². The van der Waals surface area contributed by atoms with Crippen molar-refractivity contribution in [2.24, 2.45) is 0 Å². The van der Waals surface area contributed by atoms with Crippen LogP contribution in [0, 0.1) is 10.1 Å². The number of nitrogens with zero attached hydrogens (tertiary/aromatic N) is 1. The number of hydrogen-bond acceptors (Lipinski definition) is 5. The molecule has 0 spiro atoms. The zero-order valence-electron chi connectivity index (χ0n) is 13.0. The van der Waals surface area contributed by atoms with E-state index in [9.17, 15) is 14.9 Å². The topological polar surface area (TPSA) is 78.7 Å². The summed E-state index contributed by atoms with van der Waals surface area (Å²) in [6.07, 6.45) is 0. The summed E-state index contributed by atoms with van der Waals surface area (Å²) in [7, 11) is 1.30. The van der Waals surface area contributed by atoms with E-state index in [4.69, 9.17) is 9.47 Å². The van der Waals surface area contributed by atoms with Gasteiger partial charge in [0, 0.05) is 0 Å². The number of esters is 1. The third-order valence-electron chi connectivity index (χ3n) is 4.11. The quantitative estimate of drug-likeness (QED) is 0.448. The summed E-state index contributed by atoms with van der Waals surface area (Å²) in [4.78, 5) is 23.3. The third-order valence-corrected chi connectivity index (χ3v) is 4.99. The molecule has 0 fully saturated rings. The fourth-order valence-corrected chi connectivity index (χ4v) is 3.76. The molecule has 0 N–H and O–H groups in total. The second-order valence-corrected chi connectivity index (χ2v) is 7.20. The van der Waals surface area contributed by atoms with Crippen molar-refractivity contribution in [1.82, 2.24) is 0 Å². The Morgan fingerprint density at radius 3 is 2.67 bits per heavy atom. The number of methoxy groups -OCH3 is 1. The van der Waals surface area contributed by atoms with Gasteiger partial charge in [0.25, 0.3) is 0 Å². The van der Waals surface area contributed by atoms with Crippen LogP contribution in [-0.4, -0.2) is 24.5 Å². The van der Waals surface area contributed by atoms with Crippen molar-refractivity contribution < 1.29 is 50.1 Å². The van der Waals surface area contributed by atoms with E-state index < -0.39 is 22.7 Å². The summed E-state index contributed by atoms with van der Waals surface area (Å²) >= 11 is 0.872. The molecule has 2 aromatic rings. The van der Waals surface area contributed by atoms with Crippen LogP contribution in [0.3, 0.4) is 0 Å². The zero-order valence-corrected chi connectivity index (χ0v) is 15.8. The van der Waals surface area contributed by atoms with Gasteiger partial charge in [-0.05, 0) is 0 Å². The summed E-state index contributed by atoms with van der Waals surface area (Å²) < 4.78 is 12.0. The number of rotatable bonds is 3. The summed E-state index contributed by atoms with van der Waals surface area (Å²) in [5, 5.41) is 11.3. The number of fused-ring (bicyclic) bond motifs is 2. The van der Waals surface area contributed by atoms with Crippen molar-refractivity contribution in [3.05, 3.63) is 63.7 Å². The fraction of sp³-hybridized carbons (Fsp3) is 0.235. The molecule has 0 amide bonds. The number of ether oxygens (including phenoxy) is 2. The second-order valence-electron chi connectivity index (χ2n) is 5.56. The molecule has 0 saturated heterocycles. The molecule has 0 aliphatic carbocycles. The van der Waals surface area contributed by atoms with Crippen LogP contribution in [0.2, 0.25) is 0 Å². The van der Waals surface area contributed by atoms with Crippen molar-refractivity contribution in [3.8, 4) is 11.5 Å². The van der Waals surface area contributed by atoms with Crippen molar-refractivity contribution in [2.45, 2.75) is 11.8 Å². The molecule has 1 heterocycles. The molecule has 3 rings (SSSR count). The van der Waals surface area contributed by atoms with Crippen LogP contribution >= 0.6 is 0 Å². The minimum atomic E-state index is -0.778. The Balaban J connectivity index is 2.26. The van der Waals surface area contributed by atoms with Crippen LogP contribution in [0.5, 0.6) is 11.5 Å². The van der Waals surface area contributed by atoms with Gasteiger partial charge in [-0.25, -0.2) is 0 Å². The van der Waals surface area contributed by atoms with Gasteiger partial charge in [0.15, 0.2) is 0 Å². The second kappa shape index (κ2) is 6.99. The van der Waals surface area contributed by atoms with E-state index in [0.29, 0.717) is 22.6 Å². The Morgan fingerprint density at radius 1 is 1.25 bits per heavy atom. The number of hydrogen-bond donors (Lipinski definition) is 0. The Labute approximate surface area is 158 Å². The van der Waals surface area contributed by atoms with Crippen LogP contribution in [0.4, 0.5) is 0 Å². The van der Waals surface area contributed by atoms with Crippen LogP contribution < -0.4 is 7.11 Å². The number of para-hydroxylation sites is 1. The molecule has 0 saturated carbocycles. The molecule has 7 heteroatoms. The average Bonchev–Trinajstić information content (AvgIpc) is 2.68. The average molecular weight is 401 g/mol. The van der Waals surface area contributed by atoms with Gasteiger partial charge in [0.1, 0.15) is 0 Å². The van der Waals surface area contributed by atoms with E-state index in [-0.39, 0.29) is 6.54 Å². The molecular formula is C17H14NO5Y. The van der Waals surface area contributed by atoms with Gasteiger partial charge in [-0.2, -0.15) is 0 Å². The van der Waals surface area contributed by atoms with Gasteiger partial charge >= 0.3 is 159 Å². The van der Waals surface area contributed by atoms with Crippen LogP contribution in [0.1, 0.15) is 23.0 Å². The Hall–Kier alpha value is -1.79. The normalized spacial score (nSPS) is 18.5. The Morgan fingerprint density at radius 2 is 1.96 bits per heavy atom. The minimum absolute atomic E-state index is 0.367. The standard InChI is InChI=1S/C17H14NO5.Y/c1-22-17(19)16-12-7-3-5-9-15(12)23-14-8-4-2-6-11(14)13(16)10-18(20)21;/h3-9,13,16H,10H2,1H3;/t13-,16-;/m1./s1. The molecule has 1 aliphatic heterocycles. The summed E-state index contributed by atoms with van der Waals surface area (Å²) in [5.41, 5.74) is 1.30. The summed E-state index contributed by atoms with van der Waals surface area (Å²) in [5.74, 6) is -0.832. The first-order chi connectivity index (χ1) is 11.5. The predicted octanol–water partition coefficient (Wildman–Crippen LogP) is 2.28. The third kappa shape index (κ3) is 3.21. The van der Waals surface area contributed by atoms with Crippen LogP contribution in [0.25, 0.3) is 0 Å². The van der Waals surface area contributed by atoms with E-state index in [1.807, 2.05) is 18.2 Å². The van der Waals surface area contributed by atoms with Gasteiger partial charge in [0.05, 0.1) is 0 Å². The molecular weight excluding hydrogens is 387 g/mol. The molecule has 24 heavy (non-hydrogen) atoms. The molecule has 2 atom stereocenters. The van der Waals surface area contributed by atoms with E-state index in [2.05, 4.69) is 0 Å². The molecule has 0 aromatic heterocycles. The molecule has 0 unspecified atom stereocenters. The molecule has 2 aromatic carbocycles. The van der Waals surface area contributed by atoms with Crippen LogP contribution in [-0.2, 0) is 40.5 Å². The number of nitro groups is 1. The fourth-order valence-electron chi connectivity index (χ4n) is 3.08. The molecule has 0 radical (unpaired) electrons. The number of carbonyl (C=O) groups excluding carboxylic acids is 1. The maximum absolute atomic E-state index is 12.5. The van der Waals surface area contributed by atoms with Gasteiger partial charge in [0.2, 0.25) is 0 Å². The van der Waals surface area contributed by atoms with Gasteiger partial charge in [-0.3, -0.25) is 0 Å². The monoisotopic (exact) mass is 401 g/mol. The first kappa shape index (κ1) is 17.1. The van der Waals surface area contributed by atoms with Crippen LogP contribution in [0.15, 0.2) is 42.5 Å². The Kier molecular flexibility index (Phi) is 4.97. The maximum atomic E-state index is 12.5. The Bertz CT molecular complexity index is 807. The SMILES string of the molecule is COC(=O)[C@@H]1c2ccccc2Oc2cc[c]([Y])cc2[C@H]1C[N+](=O)[O-]. The summed E-state index contributed by atoms with van der Waals surface area (Å²) in [6, 6.07) is 12.8. The van der Waals surface area contributed by atoms with Crippen molar-refractivity contribution in [3.63, 3.8) is 0 Å². The first-order valence-corrected chi connectivity index (χ1v) is 8.79. The number of benzene rings is 2. The van der Waals surface area contributed by atoms with E-state index in [1.54, 1.807) is 24.3 Å². The van der Waals surface area contributed by atoms with Crippen molar-refractivity contribution in [2.75, 3.05) is 13.7 Å². The molecule has 120 valence electrons. The van der Waals surface area contributed by atoms with Gasteiger partial charge in [-0.15, -0.1) is 0 Å². The molecule has 6 nitrogen and oxygen atoms in total. The first-order valence-electron chi connectivity index (χ1n) is 7.37. The zero-order chi connectivity index (χ0) is 17.3.